The van der Waals surface area contributed by atoms with E-state index in [-0.39, 0.29) is 24.2 Å². The van der Waals surface area contributed by atoms with Gasteiger partial charge in [-0.15, -0.1) is 0 Å². The van der Waals surface area contributed by atoms with Gasteiger partial charge >= 0.3 is 12.1 Å². The topological polar surface area (TPSA) is 83.1 Å². The molecular formula is C22H30ClNO6. The molecule has 1 aromatic rings. The summed E-state index contributed by atoms with van der Waals surface area (Å²) in [4.78, 5) is 24.0. The highest BCUT2D eigenvalue weighted by molar-refractivity contribution is 6.32. The summed E-state index contributed by atoms with van der Waals surface area (Å²) < 4.78 is 22.4. The van der Waals surface area contributed by atoms with Crippen LogP contribution in [0.15, 0.2) is 6.07 Å². The van der Waals surface area contributed by atoms with Gasteiger partial charge in [0.2, 0.25) is 0 Å². The number of hydrogen-bond acceptors (Lipinski definition) is 6. The van der Waals surface area contributed by atoms with Gasteiger partial charge in [-0.05, 0) is 65.4 Å². The third-order valence-electron chi connectivity index (χ3n) is 5.52. The molecule has 1 saturated carbocycles. The number of hydrogen-bond donors (Lipinski definition) is 1. The molecule has 0 bridgehead atoms. The molecule has 1 unspecified atom stereocenters. The molecule has 1 heterocycles. The van der Waals surface area contributed by atoms with E-state index >= 15 is 0 Å². The maximum absolute atomic E-state index is 12.0. The highest BCUT2D eigenvalue weighted by Crippen LogP contribution is 2.44. The highest BCUT2D eigenvalue weighted by atomic mass is 35.5. The van der Waals surface area contributed by atoms with Crippen LogP contribution >= 0.6 is 11.6 Å². The minimum atomic E-state index is -0.510. The molecule has 0 saturated heterocycles. The molecule has 30 heavy (non-hydrogen) atoms. The highest BCUT2D eigenvalue weighted by Gasteiger charge is 2.35. The van der Waals surface area contributed by atoms with Crippen molar-refractivity contribution in [2.45, 2.75) is 71.1 Å². The lowest BCUT2D eigenvalue weighted by Crippen LogP contribution is -2.44. The molecule has 0 spiro atoms. The largest absolute Gasteiger partial charge is 0.484 e. The third kappa shape index (κ3) is 5.12. The Morgan fingerprint density at radius 1 is 1.17 bits per heavy atom. The number of methoxy groups -OCH3 is 1. The van der Waals surface area contributed by atoms with Gasteiger partial charge in [0.1, 0.15) is 18.3 Å². The first kappa shape index (κ1) is 22.5. The molecule has 1 aliphatic carbocycles. The van der Waals surface area contributed by atoms with Gasteiger partial charge in [0.25, 0.3) is 0 Å². The van der Waals surface area contributed by atoms with Crippen molar-refractivity contribution >= 4 is 23.7 Å². The van der Waals surface area contributed by atoms with Crippen molar-refractivity contribution in [1.82, 2.24) is 5.32 Å². The molecule has 0 radical (unpaired) electrons. The number of halogens is 1. The number of esters is 1. The van der Waals surface area contributed by atoms with Crippen LogP contribution in [0.5, 0.6) is 11.5 Å². The summed E-state index contributed by atoms with van der Waals surface area (Å²) in [5.74, 6) is 0.804. The predicted octanol–water partition coefficient (Wildman–Crippen LogP) is 4.66. The van der Waals surface area contributed by atoms with Crippen molar-refractivity contribution in [1.29, 1.82) is 0 Å². The van der Waals surface area contributed by atoms with E-state index in [2.05, 4.69) is 5.32 Å². The van der Waals surface area contributed by atoms with Crippen molar-refractivity contribution in [3.63, 3.8) is 0 Å². The number of amides is 1. The van der Waals surface area contributed by atoms with E-state index in [0.717, 1.165) is 25.7 Å². The third-order valence-corrected chi connectivity index (χ3v) is 5.80. The Morgan fingerprint density at radius 3 is 2.43 bits per heavy atom. The van der Waals surface area contributed by atoms with Crippen LogP contribution in [-0.4, -0.2) is 43.5 Å². The summed E-state index contributed by atoms with van der Waals surface area (Å²) in [6.45, 7) is 7.75. The molecule has 2 aliphatic rings. The van der Waals surface area contributed by atoms with Crippen LogP contribution in [0.2, 0.25) is 5.02 Å². The average Bonchev–Trinajstić information content (AvgIpc) is 2.69. The molecule has 1 amide bonds. The van der Waals surface area contributed by atoms with E-state index < -0.39 is 11.6 Å². The Balaban J connectivity index is 1.62. The molecule has 1 aliphatic heterocycles. The van der Waals surface area contributed by atoms with Gasteiger partial charge in [0.05, 0.1) is 17.7 Å². The number of rotatable bonds is 3. The number of carbonyl (C=O) groups excluding carboxylic acids is 2. The van der Waals surface area contributed by atoms with Crippen molar-refractivity contribution in [2.24, 2.45) is 5.92 Å². The summed E-state index contributed by atoms with van der Waals surface area (Å²) in [6.07, 6.45) is 2.97. The van der Waals surface area contributed by atoms with E-state index in [1.807, 2.05) is 20.8 Å². The zero-order chi connectivity index (χ0) is 22.1. The zero-order valence-corrected chi connectivity index (χ0v) is 18.9. The van der Waals surface area contributed by atoms with E-state index in [1.165, 1.54) is 7.11 Å². The number of nitrogens with one attached hydrogen (secondary N) is 1. The Hall–Kier alpha value is -2.15. The van der Waals surface area contributed by atoms with E-state index in [9.17, 15) is 9.59 Å². The second-order valence-corrected chi connectivity index (χ2v) is 9.31. The molecular weight excluding hydrogens is 410 g/mol. The van der Waals surface area contributed by atoms with Gasteiger partial charge in [-0.3, -0.25) is 0 Å². The van der Waals surface area contributed by atoms with Crippen LogP contribution < -0.4 is 14.8 Å². The Morgan fingerprint density at radius 2 is 1.83 bits per heavy atom. The molecule has 166 valence electrons. The van der Waals surface area contributed by atoms with Crippen LogP contribution in [0, 0.1) is 12.8 Å². The van der Waals surface area contributed by atoms with E-state index in [1.54, 1.807) is 13.0 Å². The number of ether oxygens (including phenoxy) is 4. The molecule has 1 N–H and O–H groups in total. The van der Waals surface area contributed by atoms with Crippen LogP contribution in [0.25, 0.3) is 0 Å². The number of fused-ring (bicyclic) bond motifs is 1. The Labute approximate surface area is 182 Å². The summed E-state index contributed by atoms with van der Waals surface area (Å²) in [7, 11) is 1.33. The SMILES string of the molecule is COC(=O)c1cc(Cl)c2c(c1C)OC(C1CCC(NC(=O)OC(C)(C)C)CC1)CO2. The first-order valence-corrected chi connectivity index (χ1v) is 10.7. The van der Waals surface area contributed by atoms with E-state index in [0.29, 0.717) is 34.3 Å². The minimum absolute atomic E-state index is 0.0926. The molecule has 1 aromatic carbocycles. The molecule has 1 atom stereocenters. The van der Waals surface area contributed by atoms with Crippen LogP contribution in [0.1, 0.15) is 62.4 Å². The maximum atomic E-state index is 12.0. The molecule has 3 rings (SSSR count). The Bertz CT molecular complexity index is 811. The van der Waals surface area contributed by atoms with Crippen molar-refractivity contribution in [3.8, 4) is 11.5 Å². The lowest BCUT2D eigenvalue weighted by molar-refractivity contribution is 0.0259. The van der Waals surface area contributed by atoms with Crippen LogP contribution in [-0.2, 0) is 9.47 Å². The predicted molar refractivity (Wildman–Crippen MR) is 113 cm³/mol. The second kappa shape index (κ2) is 8.92. The second-order valence-electron chi connectivity index (χ2n) is 8.91. The first-order chi connectivity index (χ1) is 14.1. The number of benzene rings is 1. The monoisotopic (exact) mass is 439 g/mol. The fourth-order valence-electron chi connectivity index (χ4n) is 3.99. The lowest BCUT2D eigenvalue weighted by Gasteiger charge is -2.37. The van der Waals surface area contributed by atoms with Gasteiger partial charge in [0, 0.05) is 11.6 Å². The van der Waals surface area contributed by atoms with Gasteiger partial charge in [-0.2, -0.15) is 0 Å². The normalized spacial score (nSPS) is 23.5. The zero-order valence-electron chi connectivity index (χ0n) is 18.2. The molecule has 0 aromatic heterocycles. The summed E-state index contributed by atoms with van der Waals surface area (Å²) >= 11 is 6.30. The van der Waals surface area contributed by atoms with Gasteiger partial charge in [-0.25, -0.2) is 9.59 Å². The quantitative estimate of drug-likeness (QED) is 0.689. The summed E-state index contributed by atoms with van der Waals surface area (Å²) in [5, 5.41) is 3.29. The minimum Gasteiger partial charge on any atom is -0.484 e. The molecule has 7 nitrogen and oxygen atoms in total. The van der Waals surface area contributed by atoms with Crippen molar-refractivity contribution in [3.05, 3.63) is 22.2 Å². The van der Waals surface area contributed by atoms with Gasteiger partial charge in [-0.1, -0.05) is 11.6 Å². The lowest BCUT2D eigenvalue weighted by atomic mass is 9.82. The van der Waals surface area contributed by atoms with E-state index in [4.69, 9.17) is 30.5 Å². The first-order valence-electron chi connectivity index (χ1n) is 10.3. The smallest absolute Gasteiger partial charge is 0.407 e. The van der Waals surface area contributed by atoms with Crippen LogP contribution in [0.4, 0.5) is 4.79 Å². The number of carbonyl (C=O) groups is 2. The summed E-state index contributed by atoms with van der Waals surface area (Å²) in [5.41, 5.74) is 0.520. The van der Waals surface area contributed by atoms with Gasteiger partial charge < -0.3 is 24.3 Å². The van der Waals surface area contributed by atoms with Crippen molar-refractivity contribution < 1.29 is 28.5 Å². The van der Waals surface area contributed by atoms with Crippen LogP contribution in [0.3, 0.4) is 0 Å². The fraction of sp³-hybridized carbons (Fsp3) is 0.636. The number of alkyl carbamates (subject to hydrolysis) is 1. The maximum Gasteiger partial charge on any atom is 0.407 e. The fourth-order valence-corrected chi connectivity index (χ4v) is 4.24. The summed E-state index contributed by atoms with van der Waals surface area (Å²) in [6, 6.07) is 1.65. The standard InChI is InChI=1S/C22H30ClNO6/c1-12-15(20(25)27-5)10-16(23)19-18(12)29-17(11-28-19)13-6-8-14(9-7-13)24-21(26)30-22(2,3)4/h10,13-14,17H,6-9,11H2,1-5H3,(H,24,26). The molecule has 1 fully saturated rings. The van der Waals surface area contributed by atoms with Gasteiger partial charge in [0.15, 0.2) is 11.5 Å². The average molecular weight is 440 g/mol. The molecule has 8 heteroatoms. The van der Waals surface area contributed by atoms with Crippen molar-refractivity contribution in [2.75, 3.05) is 13.7 Å². The Kier molecular flexibility index (Phi) is 6.70.